The van der Waals surface area contributed by atoms with E-state index in [-0.39, 0.29) is 0 Å². The Balaban J connectivity index is 2.15. The molecule has 1 aliphatic rings. The SMILES string of the molecule is CCCOc1ccc(C(=O)NC2(C(=O)O)CC2)cc1OCCC. The van der Waals surface area contributed by atoms with Gasteiger partial charge in [0.2, 0.25) is 0 Å². The summed E-state index contributed by atoms with van der Waals surface area (Å²) in [7, 11) is 0. The van der Waals surface area contributed by atoms with Gasteiger partial charge in [0.25, 0.3) is 5.91 Å². The number of amides is 1. The monoisotopic (exact) mass is 321 g/mol. The van der Waals surface area contributed by atoms with Crippen molar-refractivity contribution in [3.8, 4) is 11.5 Å². The highest BCUT2D eigenvalue weighted by atomic mass is 16.5. The highest BCUT2D eigenvalue weighted by Gasteiger charge is 2.51. The Bertz CT molecular complexity index is 580. The molecular weight excluding hydrogens is 298 g/mol. The summed E-state index contributed by atoms with van der Waals surface area (Å²) in [4.78, 5) is 23.5. The van der Waals surface area contributed by atoms with Gasteiger partial charge in [-0.1, -0.05) is 13.8 Å². The molecule has 0 bridgehead atoms. The molecule has 1 saturated carbocycles. The number of aliphatic carboxylic acids is 1. The quantitative estimate of drug-likeness (QED) is 0.730. The van der Waals surface area contributed by atoms with Crippen LogP contribution >= 0.6 is 0 Å². The number of carboxylic acid groups (broad SMARTS) is 1. The number of carbonyl (C=O) groups excluding carboxylic acids is 1. The van der Waals surface area contributed by atoms with Crippen LogP contribution in [-0.4, -0.2) is 35.7 Å². The third-order valence-electron chi connectivity index (χ3n) is 3.64. The van der Waals surface area contributed by atoms with E-state index in [1.54, 1.807) is 18.2 Å². The number of hydrogen-bond acceptors (Lipinski definition) is 4. The lowest BCUT2D eigenvalue weighted by Crippen LogP contribution is -2.43. The average Bonchev–Trinajstić information content (AvgIpc) is 3.32. The molecular formula is C17H23NO5. The molecule has 0 aromatic heterocycles. The van der Waals surface area contributed by atoms with Gasteiger partial charge in [-0.3, -0.25) is 4.79 Å². The first kappa shape index (κ1) is 17.1. The van der Waals surface area contributed by atoms with Gasteiger partial charge < -0.3 is 19.9 Å². The van der Waals surface area contributed by atoms with E-state index < -0.39 is 17.4 Å². The van der Waals surface area contributed by atoms with E-state index in [9.17, 15) is 9.59 Å². The van der Waals surface area contributed by atoms with Gasteiger partial charge in [-0.2, -0.15) is 0 Å². The molecule has 23 heavy (non-hydrogen) atoms. The van der Waals surface area contributed by atoms with Crippen molar-refractivity contribution in [1.82, 2.24) is 5.32 Å². The van der Waals surface area contributed by atoms with Crippen LogP contribution in [0.4, 0.5) is 0 Å². The van der Waals surface area contributed by atoms with E-state index in [2.05, 4.69) is 5.32 Å². The fourth-order valence-electron chi connectivity index (χ4n) is 2.11. The maximum Gasteiger partial charge on any atom is 0.329 e. The summed E-state index contributed by atoms with van der Waals surface area (Å²) >= 11 is 0. The Labute approximate surface area is 135 Å². The van der Waals surface area contributed by atoms with Crippen LogP contribution in [0.3, 0.4) is 0 Å². The Kier molecular flexibility index (Phi) is 5.47. The van der Waals surface area contributed by atoms with Crippen LogP contribution in [0.25, 0.3) is 0 Å². The van der Waals surface area contributed by atoms with Gasteiger partial charge in [0.05, 0.1) is 13.2 Å². The minimum atomic E-state index is -1.10. The molecule has 0 radical (unpaired) electrons. The van der Waals surface area contributed by atoms with Crippen molar-refractivity contribution in [2.75, 3.05) is 13.2 Å². The number of hydrogen-bond donors (Lipinski definition) is 2. The zero-order valence-electron chi connectivity index (χ0n) is 13.6. The zero-order chi connectivity index (χ0) is 16.9. The summed E-state index contributed by atoms with van der Waals surface area (Å²) in [5, 5.41) is 11.7. The fourth-order valence-corrected chi connectivity index (χ4v) is 2.11. The van der Waals surface area contributed by atoms with Crippen molar-refractivity contribution in [2.45, 2.75) is 45.1 Å². The molecule has 126 valence electrons. The van der Waals surface area contributed by atoms with Crippen LogP contribution < -0.4 is 14.8 Å². The van der Waals surface area contributed by atoms with Crippen molar-refractivity contribution < 1.29 is 24.2 Å². The Morgan fingerprint density at radius 3 is 2.26 bits per heavy atom. The summed E-state index contributed by atoms with van der Waals surface area (Å²) in [6, 6.07) is 4.92. The molecule has 0 aliphatic heterocycles. The minimum Gasteiger partial charge on any atom is -0.490 e. The molecule has 1 amide bonds. The third kappa shape index (κ3) is 4.15. The van der Waals surface area contributed by atoms with Gasteiger partial charge in [-0.05, 0) is 43.9 Å². The molecule has 0 heterocycles. The van der Waals surface area contributed by atoms with E-state index in [1.807, 2.05) is 13.8 Å². The fraction of sp³-hybridized carbons (Fsp3) is 0.529. The zero-order valence-corrected chi connectivity index (χ0v) is 13.6. The van der Waals surface area contributed by atoms with E-state index in [0.717, 1.165) is 12.8 Å². The van der Waals surface area contributed by atoms with Gasteiger partial charge >= 0.3 is 5.97 Å². The number of ether oxygens (including phenoxy) is 2. The lowest BCUT2D eigenvalue weighted by Gasteiger charge is -2.15. The van der Waals surface area contributed by atoms with E-state index in [4.69, 9.17) is 14.6 Å². The van der Waals surface area contributed by atoms with Crippen LogP contribution in [0.15, 0.2) is 18.2 Å². The first-order valence-electron chi connectivity index (χ1n) is 7.98. The minimum absolute atomic E-state index is 0.368. The summed E-state index contributed by atoms with van der Waals surface area (Å²) in [6.45, 7) is 5.09. The number of benzene rings is 1. The predicted molar refractivity (Wildman–Crippen MR) is 85.1 cm³/mol. The average molecular weight is 321 g/mol. The van der Waals surface area contributed by atoms with Crippen LogP contribution in [0.5, 0.6) is 11.5 Å². The van der Waals surface area contributed by atoms with Crippen LogP contribution in [0, 0.1) is 0 Å². The van der Waals surface area contributed by atoms with Gasteiger partial charge in [0.1, 0.15) is 5.54 Å². The highest BCUT2D eigenvalue weighted by Crippen LogP contribution is 2.36. The maximum absolute atomic E-state index is 12.3. The molecule has 0 saturated heterocycles. The van der Waals surface area contributed by atoms with Crippen molar-refractivity contribution in [3.05, 3.63) is 23.8 Å². The maximum atomic E-state index is 12.3. The molecule has 2 rings (SSSR count). The predicted octanol–water partition coefficient (Wildman–Crippen LogP) is 2.61. The molecule has 1 aliphatic carbocycles. The Morgan fingerprint density at radius 2 is 1.74 bits per heavy atom. The number of carboxylic acids is 1. The van der Waals surface area contributed by atoms with Gasteiger partial charge in [-0.15, -0.1) is 0 Å². The number of rotatable bonds is 9. The molecule has 0 spiro atoms. The van der Waals surface area contributed by atoms with E-state index in [0.29, 0.717) is 43.1 Å². The Hall–Kier alpha value is -2.24. The van der Waals surface area contributed by atoms with Gasteiger partial charge in [0, 0.05) is 5.56 Å². The molecule has 6 nitrogen and oxygen atoms in total. The van der Waals surface area contributed by atoms with Crippen molar-refractivity contribution in [2.24, 2.45) is 0 Å². The third-order valence-corrected chi connectivity index (χ3v) is 3.64. The molecule has 1 fully saturated rings. The van der Waals surface area contributed by atoms with Crippen molar-refractivity contribution in [1.29, 1.82) is 0 Å². The van der Waals surface area contributed by atoms with E-state index >= 15 is 0 Å². The standard InChI is InChI=1S/C17H23NO5/c1-3-9-22-13-6-5-12(11-14(13)23-10-4-2)15(19)18-17(7-8-17)16(20)21/h5-6,11H,3-4,7-10H2,1-2H3,(H,18,19)(H,20,21). The van der Waals surface area contributed by atoms with Crippen molar-refractivity contribution >= 4 is 11.9 Å². The number of nitrogens with one attached hydrogen (secondary N) is 1. The lowest BCUT2D eigenvalue weighted by atomic mass is 10.1. The molecule has 1 aromatic rings. The molecule has 0 unspecified atom stereocenters. The first-order chi connectivity index (χ1) is 11.0. The van der Waals surface area contributed by atoms with Gasteiger partial charge in [-0.25, -0.2) is 4.79 Å². The molecule has 1 aromatic carbocycles. The largest absolute Gasteiger partial charge is 0.490 e. The lowest BCUT2D eigenvalue weighted by molar-refractivity contribution is -0.140. The summed E-state index contributed by atoms with van der Waals surface area (Å²) in [5.41, 5.74) is -0.730. The number of carbonyl (C=O) groups is 2. The van der Waals surface area contributed by atoms with E-state index in [1.165, 1.54) is 0 Å². The molecule has 6 heteroatoms. The van der Waals surface area contributed by atoms with Gasteiger partial charge in [0.15, 0.2) is 11.5 Å². The molecule has 2 N–H and O–H groups in total. The smallest absolute Gasteiger partial charge is 0.329 e. The summed E-state index contributed by atoms with van der Waals surface area (Å²) < 4.78 is 11.3. The second-order valence-electron chi connectivity index (χ2n) is 5.70. The molecule has 0 atom stereocenters. The summed E-state index contributed by atoms with van der Waals surface area (Å²) in [6.07, 6.45) is 2.64. The van der Waals surface area contributed by atoms with Crippen LogP contribution in [-0.2, 0) is 4.79 Å². The highest BCUT2D eigenvalue weighted by molar-refractivity contribution is 5.99. The Morgan fingerprint density at radius 1 is 1.13 bits per heavy atom. The van der Waals surface area contributed by atoms with Crippen LogP contribution in [0.1, 0.15) is 49.9 Å². The normalized spacial score (nSPS) is 14.9. The second kappa shape index (κ2) is 7.35. The van der Waals surface area contributed by atoms with Crippen molar-refractivity contribution in [3.63, 3.8) is 0 Å². The topological polar surface area (TPSA) is 84.9 Å². The van der Waals surface area contributed by atoms with Crippen LogP contribution in [0.2, 0.25) is 0 Å². The first-order valence-corrected chi connectivity index (χ1v) is 7.98. The second-order valence-corrected chi connectivity index (χ2v) is 5.70. The summed E-state index contributed by atoms with van der Waals surface area (Å²) in [5.74, 6) is -0.297.